The predicted molar refractivity (Wildman–Crippen MR) is 102 cm³/mol. The van der Waals surface area contributed by atoms with Crippen molar-refractivity contribution in [3.63, 3.8) is 0 Å². The maximum Gasteiger partial charge on any atom is 0.237 e. The number of amides is 1. The fraction of sp³-hybridized carbons (Fsp3) is 0.381. The van der Waals surface area contributed by atoms with Gasteiger partial charge in [0.15, 0.2) is 0 Å². The van der Waals surface area contributed by atoms with Gasteiger partial charge in [0, 0.05) is 13.1 Å². The average molecular weight is 358 g/mol. The Bertz CT molecular complexity index is 686. The van der Waals surface area contributed by atoms with E-state index in [4.69, 9.17) is 4.74 Å². The number of hydrogen-bond acceptors (Lipinski definition) is 3. The molecule has 0 aromatic heterocycles. The first-order valence-electron chi connectivity index (χ1n) is 8.93. The zero-order valence-electron chi connectivity index (χ0n) is 15.7. The van der Waals surface area contributed by atoms with E-state index in [0.717, 1.165) is 16.9 Å². The van der Waals surface area contributed by atoms with Gasteiger partial charge in [0.25, 0.3) is 0 Å². The topological polar surface area (TPSA) is 41.6 Å². The molecule has 2 rings (SSSR count). The highest BCUT2D eigenvalue weighted by Gasteiger charge is 2.17. The lowest BCUT2D eigenvalue weighted by molar-refractivity contribution is -0.125. The molecule has 0 aliphatic rings. The fourth-order valence-corrected chi connectivity index (χ4v) is 2.61. The molecule has 26 heavy (non-hydrogen) atoms. The van der Waals surface area contributed by atoms with Crippen molar-refractivity contribution < 1.29 is 13.9 Å². The second-order valence-electron chi connectivity index (χ2n) is 6.34. The molecule has 2 aromatic rings. The summed E-state index contributed by atoms with van der Waals surface area (Å²) in [5.74, 6) is 0.591. The molecule has 0 aliphatic heterocycles. The molecule has 1 amide bonds. The summed E-state index contributed by atoms with van der Waals surface area (Å²) in [6.07, 6.45) is 0.682. The first-order valence-corrected chi connectivity index (χ1v) is 8.93. The van der Waals surface area contributed by atoms with Gasteiger partial charge in [-0.05, 0) is 62.7 Å². The van der Waals surface area contributed by atoms with Crippen LogP contribution in [0.15, 0.2) is 48.5 Å². The van der Waals surface area contributed by atoms with Gasteiger partial charge < -0.3 is 10.1 Å². The molecular formula is C21H27FN2O2. The molecule has 140 valence electrons. The number of benzene rings is 2. The van der Waals surface area contributed by atoms with Gasteiger partial charge in [0.05, 0.1) is 12.6 Å². The molecule has 0 aliphatic carbocycles. The molecule has 0 fully saturated rings. The van der Waals surface area contributed by atoms with E-state index < -0.39 is 0 Å². The summed E-state index contributed by atoms with van der Waals surface area (Å²) in [6, 6.07) is 14.0. The molecule has 0 saturated heterocycles. The number of nitrogens with zero attached hydrogens (tertiary/aromatic N) is 1. The minimum atomic E-state index is -0.248. The fourth-order valence-electron chi connectivity index (χ4n) is 2.61. The Morgan fingerprint density at radius 3 is 2.35 bits per heavy atom. The Hall–Kier alpha value is -2.40. The molecule has 0 spiro atoms. The lowest BCUT2D eigenvalue weighted by Crippen LogP contribution is -2.43. The normalized spacial score (nSPS) is 12.0. The van der Waals surface area contributed by atoms with Crippen LogP contribution in [0.4, 0.5) is 4.39 Å². The second kappa shape index (κ2) is 9.92. The lowest BCUT2D eigenvalue weighted by Gasteiger charge is -2.24. The molecule has 0 heterocycles. The van der Waals surface area contributed by atoms with Crippen LogP contribution in [0.5, 0.6) is 5.75 Å². The first-order chi connectivity index (χ1) is 12.5. The molecule has 5 heteroatoms. The van der Waals surface area contributed by atoms with Gasteiger partial charge in [-0.1, -0.05) is 24.3 Å². The smallest absolute Gasteiger partial charge is 0.237 e. The van der Waals surface area contributed by atoms with E-state index in [1.54, 1.807) is 12.1 Å². The van der Waals surface area contributed by atoms with Crippen molar-refractivity contribution in [2.75, 3.05) is 20.2 Å². The molecule has 0 unspecified atom stereocenters. The number of halogens is 1. The van der Waals surface area contributed by atoms with Crippen molar-refractivity contribution >= 4 is 5.91 Å². The second-order valence-corrected chi connectivity index (χ2v) is 6.34. The maximum absolute atomic E-state index is 12.9. The predicted octanol–water partition coefficient (Wildman–Crippen LogP) is 3.40. The van der Waals surface area contributed by atoms with Crippen LogP contribution >= 0.6 is 0 Å². The SMILES string of the molecule is CCOc1ccc(CN(C)[C@@H](C)C(=O)NCCc2ccc(F)cc2)cc1. The first kappa shape index (κ1) is 19.9. The summed E-state index contributed by atoms with van der Waals surface area (Å²) in [6.45, 7) is 5.71. The molecular weight excluding hydrogens is 331 g/mol. The molecule has 0 bridgehead atoms. The number of nitrogens with one attached hydrogen (secondary N) is 1. The highest BCUT2D eigenvalue weighted by Crippen LogP contribution is 2.14. The van der Waals surface area contributed by atoms with E-state index in [1.807, 2.05) is 50.1 Å². The van der Waals surface area contributed by atoms with Crippen molar-refractivity contribution in [2.45, 2.75) is 32.9 Å². The van der Waals surface area contributed by atoms with Gasteiger partial charge in [-0.3, -0.25) is 9.69 Å². The summed E-state index contributed by atoms with van der Waals surface area (Å²) in [5.41, 5.74) is 2.13. The summed E-state index contributed by atoms with van der Waals surface area (Å²) >= 11 is 0. The Morgan fingerprint density at radius 1 is 1.12 bits per heavy atom. The number of carbonyl (C=O) groups excluding carboxylic acids is 1. The van der Waals surface area contributed by atoms with Crippen LogP contribution in [0.3, 0.4) is 0 Å². The van der Waals surface area contributed by atoms with Crippen LogP contribution in [0.1, 0.15) is 25.0 Å². The largest absolute Gasteiger partial charge is 0.494 e. The Labute approximate surface area is 155 Å². The minimum Gasteiger partial charge on any atom is -0.494 e. The molecule has 0 radical (unpaired) electrons. The maximum atomic E-state index is 12.9. The van der Waals surface area contributed by atoms with E-state index in [0.29, 0.717) is 26.1 Å². The summed E-state index contributed by atoms with van der Waals surface area (Å²) in [7, 11) is 1.93. The summed E-state index contributed by atoms with van der Waals surface area (Å²) in [5, 5.41) is 2.94. The molecule has 2 aromatic carbocycles. The van der Waals surface area contributed by atoms with Crippen molar-refractivity contribution in [3.8, 4) is 5.75 Å². The van der Waals surface area contributed by atoms with Gasteiger partial charge in [0.1, 0.15) is 11.6 Å². The third-order valence-corrected chi connectivity index (χ3v) is 4.33. The van der Waals surface area contributed by atoms with Crippen molar-refractivity contribution in [3.05, 3.63) is 65.5 Å². The van der Waals surface area contributed by atoms with Gasteiger partial charge in [-0.25, -0.2) is 4.39 Å². The summed E-state index contributed by atoms with van der Waals surface area (Å²) in [4.78, 5) is 14.3. The molecule has 1 N–H and O–H groups in total. The van der Waals surface area contributed by atoms with Crippen LogP contribution in [0.25, 0.3) is 0 Å². The van der Waals surface area contributed by atoms with Gasteiger partial charge >= 0.3 is 0 Å². The zero-order chi connectivity index (χ0) is 18.9. The number of carbonyl (C=O) groups is 1. The van der Waals surface area contributed by atoms with Gasteiger partial charge in [-0.2, -0.15) is 0 Å². The quantitative estimate of drug-likeness (QED) is 0.747. The Balaban J connectivity index is 1.77. The van der Waals surface area contributed by atoms with E-state index in [1.165, 1.54) is 12.1 Å². The third kappa shape index (κ3) is 6.15. The average Bonchev–Trinajstić information content (AvgIpc) is 2.64. The van der Waals surface area contributed by atoms with Crippen LogP contribution in [-0.4, -0.2) is 37.0 Å². The minimum absolute atomic E-state index is 0.0134. The Kier molecular flexibility index (Phi) is 7.60. The number of hydrogen-bond donors (Lipinski definition) is 1. The lowest BCUT2D eigenvalue weighted by atomic mass is 10.1. The van der Waals surface area contributed by atoms with Crippen LogP contribution in [0.2, 0.25) is 0 Å². The van der Waals surface area contributed by atoms with Gasteiger partial charge in [-0.15, -0.1) is 0 Å². The van der Waals surface area contributed by atoms with E-state index >= 15 is 0 Å². The van der Waals surface area contributed by atoms with E-state index in [2.05, 4.69) is 5.32 Å². The van der Waals surface area contributed by atoms with Crippen LogP contribution in [-0.2, 0) is 17.8 Å². The third-order valence-electron chi connectivity index (χ3n) is 4.33. The Morgan fingerprint density at radius 2 is 1.73 bits per heavy atom. The van der Waals surface area contributed by atoms with Crippen molar-refractivity contribution in [1.82, 2.24) is 10.2 Å². The highest BCUT2D eigenvalue weighted by molar-refractivity contribution is 5.81. The van der Waals surface area contributed by atoms with Crippen molar-refractivity contribution in [1.29, 1.82) is 0 Å². The highest BCUT2D eigenvalue weighted by atomic mass is 19.1. The van der Waals surface area contributed by atoms with Crippen LogP contribution in [0, 0.1) is 5.82 Å². The summed E-state index contributed by atoms with van der Waals surface area (Å²) < 4.78 is 18.3. The van der Waals surface area contributed by atoms with Gasteiger partial charge in [0.2, 0.25) is 5.91 Å². The number of rotatable bonds is 9. The standard InChI is InChI=1S/C21H27FN2O2/c1-4-26-20-11-7-18(8-12-20)15-24(3)16(2)21(25)23-14-13-17-5-9-19(22)10-6-17/h5-12,16H,4,13-15H2,1-3H3,(H,23,25)/t16-/m0/s1. The van der Waals surface area contributed by atoms with Crippen LogP contribution < -0.4 is 10.1 Å². The number of ether oxygens (including phenoxy) is 1. The molecule has 1 atom stereocenters. The zero-order valence-corrected chi connectivity index (χ0v) is 15.7. The molecule has 4 nitrogen and oxygen atoms in total. The monoisotopic (exact) mass is 358 g/mol. The van der Waals surface area contributed by atoms with Crippen molar-refractivity contribution in [2.24, 2.45) is 0 Å². The number of likely N-dealkylation sites (N-methyl/N-ethyl adjacent to an activating group) is 1. The van der Waals surface area contributed by atoms with E-state index in [-0.39, 0.29) is 17.8 Å². The van der Waals surface area contributed by atoms with E-state index in [9.17, 15) is 9.18 Å². The molecule has 0 saturated carbocycles.